The Morgan fingerprint density at radius 1 is 1.15 bits per heavy atom. The lowest BCUT2D eigenvalue weighted by Gasteiger charge is -2.60. The number of amides is 1. The van der Waals surface area contributed by atoms with Gasteiger partial charge in [-0.1, -0.05) is 33.3 Å². The molecule has 4 rings (SSSR count). The quantitative estimate of drug-likeness (QED) is 0.469. The van der Waals surface area contributed by atoms with Crippen LogP contribution in [0, 0.1) is 28.1 Å². The summed E-state index contributed by atoms with van der Waals surface area (Å²) in [7, 11) is 0. The van der Waals surface area contributed by atoms with E-state index in [1.165, 1.54) is 44.9 Å². The van der Waals surface area contributed by atoms with E-state index in [-0.39, 0.29) is 18.6 Å². The summed E-state index contributed by atoms with van der Waals surface area (Å²) in [6, 6.07) is -0.273. The molecule has 4 atom stereocenters. The molecule has 26 heavy (non-hydrogen) atoms. The molecule has 0 radical (unpaired) electrons. The fourth-order valence-corrected chi connectivity index (χ4v) is 7.05. The Morgan fingerprint density at radius 2 is 1.92 bits per heavy atom. The van der Waals surface area contributed by atoms with E-state index in [1.807, 2.05) is 0 Å². The second kappa shape index (κ2) is 6.10. The summed E-state index contributed by atoms with van der Waals surface area (Å²) in [5.41, 5.74) is 1.95. The highest BCUT2D eigenvalue weighted by molar-refractivity contribution is 5.92. The van der Waals surface area contributed by atoms with E-state index in [0.717, 1.165) is 12.3 Å². The number of cyclic esters (lactones) is 1. The fourth-order valence-electron chi connectivity index (χ4n) is 7.05. The summed E-state index contributed by atoms with van der Waals surface area (Å²) in [5, 5.41) is 2.73. The Hall–Kier alpha value is -1.32. The number of fused-ring (bicyclic) bond motifs is 1. The van der Waals surface area contributed by atoms with E-state index in [9.17, 15) is 9.59 Å². The molecule has 3 aliphatic carbocycles. The summed E-state index contributed by atoms with van der Waals surface area (Å²) in [6.07, 6.45) is 13.1. The molecule has 4 fully saturated rings. The van der Waals surface area contributed by atoms with Gasteiger partial charge in [0.2, 0.25) is 6.41 Å². The molecule has 0 unspecified atom stereocenters. The first-order valence-electron chi connectivity index (χ1n) is 10.4. The van der Waals surface area contributed by atoms with Gasteiger partial charge in [0.05, 0.1) is 11.6 Å². The summed E-state index contributed by atoms with van der Waals surface area (Å²) < 4.78 is 5.17. The molecule has 0 bridgehead atoms. The first-order chi connectivity index (χ1) is 12.3. The molecule has 0 aromatic carbocycles. The predicted molar refractivity (Wildman–Crippen MR) is 100 cm³/mol. The first kappa shape index (κ1) is 18.1. The zero-order chi connectivity index (χ0) is 18.6. The predicted octanol–water partition coefficient (Wildman–Crippen LogP) is 4.00. The van der Waals surface area contributed by atoms with Crippen molar-refractivity contribution in [2.45, 2.75) is 78.2 Å². The average molecular weight is 360 g/mol. The molecule has 3 saturated carbocycles. The lowest BCUT2D eigenvalue weighted by Crippen LogP contribution is -2.52. The number of rotatable bonds is 4. The highest BCUT2D eigenvalue weighted by Gasteiger charge is 2.62. The van der Waals surface area contributed by atoms with Crippen molar-refractivity contribution in [2.75, 3.05) is 6.61 Å². The molecule has 1 heterocycles. The molecule has 144 valence electrons. The van der Waals surface area contributed by atoms with Gasteiger partial charge in [0.15, 0.2) is 0 Å². The van der Waals surface area contributed by atoms with Crippen molar-refractivity contribution < 1.29 is 14.3 Å². The highest BCUT2D eigenvalue weighted by atomic mass is 16.5. The van der Waals surface area contributed by atoms with Crippen LogP contribution in [0.25, 0.3) is 0 Å². The number of allylic oxidation sites excluding steroid dienone is 1. The van der Waals surface area contributed by atoms with E-state index in [4.69, 9.17) is 4.74 Å². The second-order valence-electron chi connectivity index (χ2n) is 10.2. The van der Waals surface area contributed by atoms with Crippen LogP contribution in [0.1, 0.15) is 72.1 Å². The van der Waals surface area contributed by atoms with Gasteiger partial charge in [0, 0.05) is 0 Å². The summed E-state index contributed by atoms with van der Waals surface area (Å²) in [6.45, 7) is 7.74. The number of nitrogens with one attached hydrogen (secondary N) is 1. The Labute approximate surface area is 157 Å². The van der Waals surface area contributed by atoms with Gasteiger partial charge >= 0.3 is 5.97 Å². The number of carbonyl (C=O) groups is 2. The van der Waals surface area contributed by atoms with Crippen molar-refractivity contribution in [1.29, 1.82) is 0 Å². The van der Waals surface area contributed by atoms with Crippen molar-refractivity contribution in [2.24, 2.45) is 28.1 Å². The number of carbonyl (C=O) groups excluding carboxylic acids is 2. The van der Waals surface area contributed by atoms with Crippen LogP contribution in [-0.4, -0.2) is 25.0 Å². The van der Waals surface area contributed by atoms with E-state index in [0.29, 0.717) is 34.1 Å². The lowest BCUT2D eigenvalue weighted by atomic mass is 9.45. The minimum atomic E-state index is -0.273. The molecule has 1 saturated heterocycles. The Kier molecular flexibility index (Phi) is 4.24. The SMILES string of the molecule is CC1(C)CCC[C@@]2(C)[C@H]1CCC1(CC1)[C@@H]2C/C=C1/C(=O)OC[C@H]1NC=O. The maximum absolute atomic E-state index is 12.1. The summed E-state index contributed by atoms with van der Waals surface area (Å²) in [5.74, 6) is 1.17. The molecule has 1 aliphatic heterocycles. The Morgan fingerprint density at radius 3 is 2.62 bits per heavy atom. The Balaban J connectivity index is 1.62. The van der Waals surface area contributed by atoms with Crippen molar-refractivity contribution in [3.8, 4) is 0 Å². The minimum absolute atomic E-state index is 0.254. The second-order valence-corrected chi connectivity index (χ2v) is 10.2. The summed E-state index contributed by atoms with van der Waals surface area (Å²) >= 11 is 0. The van der Waals surface area contributed by atoms with Gasteiger partial charge in [-0.25, -0.2) is 4.79 Å². The van der Waals surface area contributed by atoms with Crippen molar-refractivity contribution >= 4 is 12.4 Å². The topological polar surface area (TPSA) is 55.4 Å². The zero-order valence-electron chi connectivity index (χ0n) is 16.5. The van der Waals surface area contributed by atoms with Gasteiger partial charge < -0.3 is 10.1 Å². The van der Waals surface area contributed by atoms with Crippen LogP contribution in [0.15, 0.2) is 11.6 Å². The van der Waals surface area contributed by atoms with Gasteiger partial charge in [-0.15, -0.1) is 0 Å². The summed E-state index contributed by atoms with van der Waals surface area (Å²) in [4.78, 5) is 23.0. The van der Waals surface area contributed by atoms with Crippen LogP contribution in [0.3, 0.4) is 0 Å². The first-order valence-corrected chi connectivity index (χ1v) is 10.4. The zero-order valence-corrected chi connectivity index (χ0v) is 16.5. The highest BCUT2D eigenvalue weighted by Crippen LogP contribution is 2.72. The molecule has 1 spiro atoms. The molecule has 1 N–H and O–H groups in total. The maximum atomic E-state index is 12.1. The molecule has 1 amide bonds. The molecule has 0 aromatic rings. The number of ether oxygens (including phenoxy) is 1. The van der Waals surface area contributed by atoms with Crippen LogP contribution in [0.5, 0.6) is 0 Å². The third-order valence-electron chi connectivity index (χ3n) is 8.47. The Bertz CT molecular complexity index is 633. The molecular formula is C22H33NO3. The van der Waals surface area contributed by atoms with Crippen molar-refractivity contribution in [3.05, 3.63) is 11.6 Å². The van der Waals surface area contributed by atoms with Gasteiger partial charge in [-0.05, 0) is 73.0 Å². The van der Waals surface area contributed by atoms with Crippen molar-refractivity contribution in [3.63, 3.8) is 0 Å². The largest absolute Gasteiger partial charge is 0.460 e. The molecule has 4 aliphatic rings. The van der Waals surface area contributed by atoms with Gasteiger partial charge in [0.1, 0.15) is 6.61 Å². The third kappa shape index (κ3) is 2.71. The molecule has 4 nitrogen and oxygen atoms in total. The van der Waals surface area contributed by atoms with Crippen LogP contribution < -0.4 is 5.32 Å². The molecule has 4 heteroatoms. The van der Waals surface area contributed by atoms with E-state index < -0.39 is 0 Å². The minimum Gasteiger partial charge on any atom is -0.460 e. The smallest absolute Gasteiger partial charge is 0.336 e. The molecular weight excluding hydrogens is 326 g/mol. The number of hydrogen-bond acceptors (Lipinski definition) is 3. The molecule has 0 aromatic heterocycles. The number of hydrogen-bond donors (Lipinski definition) is 1. The van der Waals surface area contributed by atoms with Gasteiger partial charge in [-0.2, -0.15) is 0 Å². The van der Waals surface area contributed by atoms with Crippen LogP contribution in [0.2, 0.25) is 0 Å². The van der Waals surface area contributed by atoms with Crippen LogP contribution >= 0.6 is 0 Å². The monoisotopic (exact) mass is 359 g/mol. The average Bonchev–Trinajstić information content (AvgIpc) is 3.25. The van der Waals surface area contributed by atoms with E-state index in [1.54, 1.807) is 0 Å². The van der Waals surface area contributed by atoms with E-state index >= 15 is 0 Å². The third-order valence-corrected chi connectivity index (χ3v) is 8.47. The maximum Gasteiger partial charge on any atom is 0.336 e. The number of esters is 1. The van der Waals surface area contributed by atoms with Gasteiger partial charge in [0.25, 0.3) is 0 Å². The van der Waals surface area contributed by atoms with Crippen molar-refractivity contribution in [1.82, 2.24) is 5.32 Å². The fraction of sp³-hybridized carbons (Fsp3) is 0.818. The standard InChI is InChI=1S/C22H33NO3/c1-20(2)8-4-9-21(3)17(20)7-10-22(11-12-22)18(21)6-5-15-16(23-14-24)13-26-19(15)25/h5,14,16-18H,4,6-13H2,1-3H3,(H,23,24)/b15-5+/t16-,17+,18-,21+/m1/s1. The van der Waals surface area contributed by atoms with Gasteiger partial charge in [-0.3, -0.25) is 4.79 Å². The van der Waals surface area contributed by atoms with Crippen LogP contribution in [0.4, 0.5) is 0 Å². The normalized spacial score (nSPS) is 41.6. The van der Waals surface area contributed by atoms with E-state index in [2.05, 4.69) is 32.2 Å². The van der Waals surface area contributed by atoms with Crippen LogP contribution in [-0.2, 0) is 14.3 Å². The lowest BCUT2D eigenvalue weighted by molar-refractivity contribution is -0.135.